The van der Waals surface area contributed by atoms with Crippen molar-refractivity contribution in [2.24, 2.45) is 0 Å². The molecule has 1 aliphatic rings. The highest BCUT2D eigenvalue weighted by atomic mass is 16.4. The predicted molar refractivity (Wildman–Crippen MR) is 80.5 cm³/mol. The maximum atomic E-state index is 11.3. The van der Waals surface area contributed by atoms with Crippen LogP contribution in [0.1, 0.15) is 68.9 Å². The normalized spacial score (nSPS) is 23.1. The van der Waals surface area contributed by atoms with Crippen LogP contribution in [-0.4, -0.2) is 28.1 Å². The summed E-state index contributed by atoms with van der Waals surface area (Å²) >= 11 is 0. The largest absolute Gasteiger partial charge is 0.478 e. The average Bonchev–Trinajstić information content (AvgIpc) is 2.38. The van der Waals surface area contributed by atoms with Crippen LogP contribution in [0, 0.1) is 0 Å². The highest BCUT2D eigenvalue weighted by Crippen LogP contribution is 2.29. The molecule has 1 aromatic rings. The lowest BCUT2D eigenvalue weighted by molar-refractivity contribution is 0.0696. The van der Waals surface area contributed by atoms with E-state index in [0.717, 1.165) is 24.4 Å². The molecule has 0 unspecified atom stereocenters. The van der Waals surface area contributed by atoms with Crippen LogP contribution in [0.2, 0.25) is 0 Å². The molecule has 4 nitrogen and oxygen atoms in total. The van der Waals surface area contributed by atoms with Gasteiger partial charge in [-0.25, -0.2) is 9.78 Å². The van der Waals surface area contributed by atoms with E-state index in [2.05, 4.69) is 18.7 Å². The summed E-state index contributed by atoms with van der Waals surface area (Å²) in [5.74, 6) is 0.157. The predicted octanol–water partition coefficient (Wildman–Crippen LogP) is 3.67. The van der Waals surface area contributed by atoms with Gasteiger partial charge in [0.05, 0.1) is 5.56 Å². The molecule has 0 saturated carbocycles. The zero-order valence-corrected chi connectivity index (χ0v) is 12.8. The molecule has 1 N–H and O–H groups in total. The van der Waals surface area contributed by atoms with Crippen LogP contribution in [0.5, 0.6) is 0 Å². The third-order valence-corrected chi connectivity index (χ3v) is 4.13. The molecule has 1 fully saturated rings. The van der Waals surface area contributed by atoms with E-state index in [0.29, 0.717) is 17.6 Å². The summed E-state index contributed by atoms with van der Waals surface area (Å²) in [7, 11) is 0. The van der Waals surface area contributed by atoms with E-state index in [4.69, 9.17) is 4.98 Å². The monoisotopic (exact) mass is 276 g/mol. The first kappa shape index (κ1) is 14.8. The van der Waals surface area contributed by atoms with Crippen LogP contribution in [-0.2, 0) is 0 Å². The number of pyridine rings is 1. The van der Waals surface area contributed by atoms with Crippen molar-refractivity contribution in [3.05, 3.63) is 23.4 Å². The molecule has 2 rings (SSSR count). The molecule has 1 aliphatic heterocycles. The van der Waals surface area contributed by atoms with Crippen LogP contribution in [0.3, 0.4) is 0 Å². The van der Waals surface area contributed by atoms with Gasteiger partial charge in [-0.15, -0.1) is 0 Å². The van der Waals surface area contributed by atoms with Crippen LogP contribution < -0.4 is 4.90 Å². The SMILES string of the molecule is CC(C)c1cc(C(=O)O)cc(N2[C@H](C)CCC[C@@H]2C)n1. The van der Waals surface area contributed by atoms with Gasteiger partial charge in [0, 0.05) is 17.8 Å². The van der Waals surface area contributed by atoms with E-state index in [1.165, 1.54) is 6.42 Å². The molecule has 2 heterocycles. The molecule has 1 aromatic heterocycles. The quantitative estimate of drug-likeness (QED) is 0.915. The molecular formula is C16H24N2O2. The van der Waals surface area contributed by atoms with Gasteiger partial charge in [0.1, 0.15) is 5.82 Å². The Bertz CT molecular complexity index is 489. The summed E-state index contributed by atoms with van der Waals surface area (Å²) in [6.45, 7) is 8.47. The van der Waals surface area contributed by atoms with Gasteiger partial charge in [-0.2, -0.15) is 0 Å². The molecule has 0 spiro atoms. The molecule has 0 amide bonds. The highest BCUT2D eigenvalue weighted by molar-refractivity contribution is 5.88. The number of piperidine rings is 1. The summed E-state index contributed by atoms with van der Waals surface area (Å²) < 4.78 is 0. The van der Waals surface area contributed by atoms with Crippen LogP contribution in [0.15, 0.2) is 12.1 Å². The number of rotatable bonds is 3. The number of aromatic nitrogens is 1. The Morgan fingerprint density at radius 3 is 2.40 bits per heavy atom. The Morgan fingerprint density at radius 1 is 1.30 bits per heavy atom. The van der Waals surface area contributed by atoms with Crippen molar-refractivity contribution in [1.29, 1.82) is 0 Å². The molecule has 1 saturated heterocycles. The van der Waals surface area contributed by atoms with Gasteiger partial charge < -0.3 is 10.0 Å². The number of hydrogen-bond donors (Lipinski definition) is 1. The van der Waals surface area contributed by atoms with E-state index in [1.54, 1.807) is 12.1 Å². The minimum atomic E-state index is -0.882. The number of aromatic carboxylic acids is 1. The fourth-order valence-electron chi connectivity index (χ4n) is 2.96. The molecule has 0 aromatic carbocycles. The minimum absolute atomic E-state index is 0.225. The van der Waals surface area contributed by atoms with E-state index in [-0.39, 0.29) is 5.92 Å². The molecule has 4 heteroatoms. The summed E-state index contributed by atoms with van der Waals surface area (Å²) in [6, 6.07) is 4.23. The van der Waals surface area contributed by atoms with Crippen molar-refractivity contribution in [2.45, 2.75) is 65.0 Å². The van der Waals surface area contributed by atoms with Gasteiger partial charge >= 0.3 is 5.97 Å². The van der Waals surface area contributed by atoms with Gasteiger partial charge in [-0.1, -0.05) is 13.8 Å². The van der Waals surface area contributed by atoms with Gasteiger partial charge in [-0.05, 0) is 51.2 Å². The standard InChI is InChI=1S/C16H24N2O2/c1-10(2)14-8-13(16(19)20)9-15(17-14)18-11(3)6-5-7-12(18)4/h8-12H,5-7H2,1-4H3,(H,19,20)/t11-,12+. The maximum Gasteiger partial charge on any atom is 0.335 e. The molecule has 20 heavy (non-hydrogen) atoms. The highest BCUT2D eigenvalue weighted by Gasteiger charge is 2.27. The second-order valence-corrected chi connectivity index (χ2v) is 6.13. The number of carboxylic acid groups (broad SMARTS) is 1. The van der Waals surface area contributed by atoms with Crippen molar-refractivity contribution in [3.8, 4) is 0 Å². The first-order valence-electron chi connectivity index (χ1n) is 7.43. The van der Waals surface area contributed by atoms with Crippen molar-refractivity contribution >= 4 is 11.8 Å². The van der Waals surface area contributed by atoms with E-state index < -0.39 is 5.97 Å². The van der Waals surface area contributed by atoms with E-state index >= 15 is 0 Å². The molecule has 0 radical (unpaired) electrons. The Morgan fingerprint density at radius 2 is 1.90 bits per heavy atom. The Kier molecular flexibility index (Phi) is 4.31. The summed E-state index contributed by atoms with van der Waals surface area (Å²) in [4.78, 5) is 18.3. The molecular weight excluding hydrogens is 252 g/mol. The lowest BCUT2D eigenvalue weighted by atomic mass is 9.97. The van der Waals surface area contributed by atoms with Crippen LogP contribution in [0.25, 0.3) is 0 Å². The number of nitrogens with zero attached hydrogens (tertiary/aromatic N) is 2. The third-order valence-electron chi connectivity index (χ3n) is 4.13. The summed E-state index contributed by atoms with van der Waals surface area (Å²) in [5, 5.41) is 9.30. The fourth-order valence-corrected chi connectivity index (χ4v) is 2.96. The lowest BCUT2D eigenvalue weighted by Crippen LogP contribution is -2.44. The minimum Gasteiger partial charge on any atom is -0.478 e. The maximum absolute atomic E-state index is 11.3. The van der Waals surface area contributed by atoms with Crippen LogP contribution in [0.4, 0.5) is 5.82 Å². The average molecular weight is 276 g/mol. The first-order chi connectivity index (χ1) is 9.40. The molecule has 0 aliphatic carbocycles. The smallest absolute Gasteiger partial charge is 0.335 e. The first-order valence-corrected chi connectivity index (χ1v) is 7.43. The molecule has 110 valence electrons. The zero-order chi connectivity index (χ0) is 14.9. The molecule has 0 bridgehead atoms. The van der Waals surface area contributed by atoms with Gasteiger partial charge in [0.2, 0.25) is 0 Å². The second-order valence-electron chi connectivity index (χ2n) is 6.13. The fraction of sp³-hybridized carbons (Fsp3) is 0.625. The number of anilines is 1. The summed E-state index contributed by atoms with van der Waals surface area (Å²) in [6.07, 6.45) is 3.51. The third kappa shape index (κ3) is 2.94. The number of hydrogen-bond acceptors (Lipinski definition) is 3. The summed E-state index contributed by atoms with van der Waals surface area (Å²) in [5.41, 5.74) is 1.19. The van der Waals surface area contributed by atoms with Gasteiger partial charge in [0.15, 0.2) is 0 Å². The number of carboxylic acids is 1. The van der Waals surface area contributed by atoms with Gasteiger partial charge in [0.25, 0.3) is 0 Å². The molecule has 2 atom stereocenters. The van der Waals surface area contributed by atoms with Gasteiger partial charge in [-0.3, -0.25) is 0 Å². The topological polar surface area (TPSA) is 53.4 Å². The van der Waals surface area contributed by atoms with Crippen molar-refractivity contribution in [1.82, 2.24) is 4.98 Å². The Balaban J connectivity index is 2.46. The van der Waals surface area contributed by atoms with E-state index in [9.17, 15) is 9.90 Å². The number of carbonyl (C=O) groups is 1. The van der Waals surface area contributed by atoms with E-state index in [1.807, 2.05) is 13.8 Å². The van der Waals surface area contributed by atoms with Crippen molar-refractivity contribution < 1.29 is 9.90 Å². The van der Waals surface area contributed by atoms with Crippen molar-refractivity contribution in [2.75, 3.05) is 4.90 Å². The van der Waals surface area contributed by atoms with Crippen molar-refractivity contribution in [3.63, 3.8) is 0 Å². The lowest BCUT2D eigenvalue weighted by Gasteiger charge is -2.40. The Labute approximate surface area is 120 Å². The zero-order valence-electron chi connectivity index (χ0n) is 12.8. The van der Waals surface area contributed by atoms with Crippen LogP contribution >= 0.6 is 0 Å². The second kappa shape index (κ2) is 5.81. The Hall–Kier alpha value is -1.58.